The number of hydrogen-bond donors (Lipinski definition) is 2. The molecule has 5 heteroatoms. The van der Waals surface area contributed by atoms with Gasteiger partial charge < -0.3 is 0 Å². The Morgan fingerprint density at radius 2 is 2.57 bits per heavy atom. The van der Waals surface area contributed by atoms with Crippen LogP contribution in [0.25, 0.3) is 0 Å². The van der Waals surface area contributed by atoms with Crippen molar-refractivity contribution in [3.8, 4) is 0 Å². The first-order valence-electron chi connectivity index (χ1n) is 1.46. The maximum atomic E-state index is 10.2. The molecule has 0 aliphatic carbocycles. The molecule has 0 rings (SSSR count). The molecule has 2 nitrogen and oxygen atoms in total. The Hall–Kier alpha value is 0.650. The van der Waals surface area contributed by atoms with Gasteiger partial charge in [0, 0.05) is 11.0 Å². The fraction of sp³-hybridized carbons (Fsp3) is 0.500. The molecule has 0 heterocycles. The SMILES string of the molecule is O=C(CBr)NSS. The quantitative estimate of drug-likeness (QED) is 0.302. The number of hydrogen-bond acceptors (Lipinski definition) is 3. The highest BCUT2D eigenvalue weighted by Crippen LogP contribution is 1.96. The van der Waals surface area contributed by atoms with Gasteiger partial charge in [0.25, 0.3) is 0 Å². The van der Waals surface area contributed by atoms with Crippen LogP contribution in [0.3, 0.4) is 0 Å². The van der Waals surface area contributed by atoms with Gasteiger partial charge in [-0.05, 0) is 0 Å². The predicted octanol–water partition coefficient (Wildman–Crippen LogP) is 0.990. The van der Waals surface area contributed by atoms with Crippen LogP contribution in [0.5, 0.6) is 0 Å². The van der Waals surface area contributed by atoms with Crippen LogP contribution in [0, 0.1) is 0 Å². The van der Waals surface area contributed by atoms with Crippen molar-refractivity contribution in [2.24, 2.45) is 0 Å². The van der Waals surface area contributed by atoms with E-state index in [0.717, 1.165) is 11.0 Å². The van der Waals surface area contributed by atoms with E-state index in [0.29, 0.717) is 5.33 Å². The number of rotatable bonds is 2. The van der Waals surface area contributed by atoms with Crippen LogP contribution in [-0.4, -0.2) is 11.2 Å². The number of carbonyl (C=O) groups is 1. The maximum absolute atomic E-state index is 10.2. The third kappa shape index (κ3) is 4.50. The van der Waals surface area contributed by atoms with Crippen molar-refractivity contribution in [2.45, 2.75) is 0 Å². The van der Waals surface area contributed by atoms with Crippen LogP contribution in [0.1, 0.15) is 0 Å². The summed E-state index contributed by atoms with van der Waals surface area (Å²) in [5.41, 5.74) is 0. The van der Waals surface area contributed by atoms with Gasteiger partial charge in [-0.3, -0.25) is 9.52 Å². The first-order chi connectivity index (χ1) is 3.31. The zero-order valence-corrected chi connectivity index (χ0v) is 6.65. The topological polar surface area (TPSA) is 29.1 Å². The number of nitrogens with one attached hydrogen (secondary N) is 1. The molecule has 0 saturated heterocycles. The number of alkyl halides is 1. The summed E-state index contributed by atoms with van der Waals surface area (Å²) < 4.78 is 2.39. The summed E-state index contributed by atoms with van der Waals surface area (Å²) >= 11 is 6.63. The van der Waals surface area contributed by atoms with E-state index in [4.69, 9.17) is 0 Å². The van der Waals surface area contributed by atoms with Crippen molar-refractivity contribution >= 4 is 44.5 Å². The molecule has 42 valence electrons. The standard InChI is InChI=1S/C2H4BrNOS2/c3-1-2(5)4-7-6/h6H,1H2,(H,4,5). The smallest absolute Gasteiger partial charge is 0.241 e. The average Bonchev–Trinajstić information content (AvgIpc) is 1.68. The van der Waals surface area contributed by atoms with E-state index in [1.54, 1.807) is 0 Å². The fourth-order valence-corrected chi connectivity index (χ4v) is 0.883. The van der Waals surface area contributed by atoms with Crippen molar-refractivity contribution in [3.05, 3.63) is 0 Å². The zero-order chi connectivity index (χ0) is 5.70. The molecule has 1 N–H and O–H groups in total. The van der Waals surface area contributed by atoms with Crippen LogP contribution in [0.2, 0.25) is 0 Å². The molecular formula is C2H4BrNOS2. The number of halogens is 1. The molecule has 0 aromatic heterocycles. The summed E-state index contributed by atoms with van der Waals surface area (Å²) in [7, 11) is 0.999. The summed E-state index contributed by atoms with van der Waals surface area (Å²) in [6.07, 6.45) is 0. The molecule has 0 unspecified atom stereocenters. The van der Waals surface area contributed by atoms with Crippen molar-refractivity contribution in [3.63, 3.8) is 0 Å². The van der Waals surface area contributed by atoms with Gasteiger partial charge in [0.15, 0.2) is 0 Å². The Labute approximate surface area is 59.5 Å². The van der Waals surface area contributed by atoms with E-state index >= 15 is 0 Å². The zero-order valence-electron chi connectivity index (χ0n) is 3.35. The molecule has 0 bridgehead atoms. The van der Waals surface area contributed by atoms with Gasteiger partial charge in [0.05, 0.1) is 5.33 Å². The molecule has 0 spiro atoms. The molecule has 1 amide bonds. The highest BCUT2D eigenvalue weighted by atomic mass is 79.9. The highest BCUT2D eigenvalue weighted by molar-refractivity contribution is 9.09. The average molecular weight is 202 g/mol. The number of amides is 1. The van der Waals surface area contributed by atoms with Crippen LogP contribution in [0.15, 0.2) is 0 Å². The van der Waals surface area contributed by atoms with E-state index in [-0.39, 0.29) is 5.91 Å². The summed E-state index contributed by atoms with van der Waals surface area (Å²) in [5, 5.41) is 0.334. The van der Waals surface area contributed by atoms with Crippen LogP contribution < -0.4 is 4.72 Å². The normalized spacial score (nSPS) is 8.29. The lowest BCUT2D eigenvalue weighted by Crippen LogP contribution is -2.14. The van der Waals surface area contributed by atoms with Crippen molar-refractivity contribution in [2.75, 3.05) is 5.33 Å². The first kappa shape index (κ1) is 7.65. The summed E-state index contributed by atoms with van der Waals surface area (Å²) in [5.74, 6) is -0.0694. The molecular weight excluding hydrogens is 198 g/mol. The monoisotopic (exact) mass is 201 g/mol. The van der Waals surface area contributed by atoms with Crippen molar-refractivity contribution in [1.29, 1.82) is 0 Å². The Morgan fingerprint density at radius 3 is 2.71 bits per heavy atom. The minimum Gasteiger partial charge on any atom is -0.290 e. The molecule has 0 aromatic rings. The molecule has 0 fully saturated rings. The summed E-state index contributed by atoms with van der Waals surface area (Å²) in [6, 6.07) is 0. The Morgan fingerprint density at radius 1 is 2.00 bits per heavy atom. The molecule has 0 atom stereocenters. The van der Waals surface area contributed by atoms with Gasteiger partial charge >= 0.3 is 0 Å². The van der Waals surface area contributed by atoms with Gasteiger partial charge in [-0.1, -0.05) is 27.6 Å². The van der Waals surface area contributed by atoms with Gasteiger partial charge in [-0.25, -0.2) is 0 Å². The minimum absolute atomic E-state index is 0.0694. The van der Waals surface area contributed by atoms with Crippen LogP contribution >= 0.6 is 38.6 Å². The van der Waals surface area contributed by atoms with Crippen molar-refractivity contribution in [1.82, 2.24) is 4.72 Å². The van der Waals surface area contributed by atoms with Gasteiger partial charge in [-0.15, -0.1) is 0 Å². The Balaban J connectivity index is 3.00. The Bertz CT molecular complexity index is 68.7. The largest absolute Gasteiger partial charge is 0.290 e. The third-order valence-electron chi connectivity index (χ3n) is 0.281. The fourth-order valence-electron chi connectivity index (χ4n) is 0.0782. The molecule has 0 aromatic carbocycles. The second-order valence-corrected chi connectivity index (χ2v) is 2.25. The lowest BCUT2D eigenvalue weighted by atomic mass is 10.8. The second-order valence-electron chi connectivity index (χ2n) is 0.750. The number of thiol groups is 1. The maximum Gasteiger partial charge on any atom is 0.241 e. The van der Waals surface area contributed by atoms with Crippen LogP contribution in [-0.2, 0) is 4.79 Å². The molecule has 0 aliphatic rings. The second kappa shape index (κ2) is 4.80. The molecule has 0 radical (unpaired) electrons. The van der Waals surface area contributed by atoms with E-state index < -0.39 is 0 Å². The minimum atomic E-state index is -0.0694. The van der Waals surface area contributed by atoms with E-state index in [1.165, 1.54) is 0 Å². The van der Waals surface area contributed by atoms with E-state index in [9.17, 15) is 4.79 Å². The summed E-state index contributed by atoms with van der Waals surface area (Å²) in [4.78, 5) is 10.2. The molecule has 0 saturated carbocycles. The van der Waals surface area contributed by atoms with Crippen molar-refractivity contribution < 1.29 is 4.79 Å². The van der Waals surface area contributed by atoms with Crippen LogP contribution in [0.4, 0.5) is 0 Å². The third-order valence-corrected chi connectivity index (χ3v) is 1.38. The van der Waals surface area contributed by atoms with Gasteiger partial charge in [-0.2, -0.15) is 0 Å². The lowest BCUT2D eigenvalue weighted by molar-refractivity contribution is -0.116. The molecule has 7 heavy (non-hydrogen) atoms. The number of carbonyl (C=O) groups excluding carboxylic acids is 1. The highest BCUT2D eigenvalue weighted by Gasteiger charge is 1.91. The van der Waals surface area contributed by atoms with E-state index in [1.807, 2.05) is 0 Å². The lowest BCUT2D eigenvalue weighted by Gasteiger charge is -1.90. The Kier molecular flexibility index (Phi) is 5.25. The summed E-state index contributed by atoms with van der Waals surface area (Å²) in [6.45, 7) is 0. The van der Waals surface area contributed by atoms with Gasteiger partial charge in [0.2, 0.25) is 5.91 Å². The van der Waals surface area contributed by atoms with E-state index in [2.05, 4.69) is 32.3 Å². The molecule has 0 aliphatic heterocycles. The predicted molar refractivity (Wildman–Crippen MR) is 38.5 cm³/mol. The van der Waals surface area contributed by atoms with Gasteiger partial charge in [0.1, 0.15) is 0 Å². The first-order valence-corrected chi connectivity index (χ1v) is 4.45.